The molecule has 132 valence electrons. The van der Waals surface area contributed by atoms with Crippen LogP contribution in [0, 0.1) is 0 Å². The molecule has 1 aromatic rings. The fraction of sp³-hybridized carbons (Fsp3) is 0.533. The van der Waals surface area contributed by atoms with Crippen LogP contribution in [0.25, 0.3) is 0 Å². The first-order valence-electron chi connectivity index (χ1n) is 7.89. The van der Waals surface area contributed by atoms with Gasteiger partial charge in [0.25, 0.3) is 5.91 Å². The minimum absolute atomic E-state index is 0.0250. The Morgan fingerprint density at radius 1 is 1.04 bits per heavy atom. The molecule has 1 unspecified atom stereocenters. The summed E-state index contributed by atoms with van der Waals surface area (Å²) in [7, 11) is -6.32. The zero-order valence-corrected chi connectivity index (χ0v) is 14.8. The van der Waals surface area contributed by atoms with E-state index >= 15 is 0 Å². The van der Waals surface area contributed by atoms with Gasteiger partial charge >= 0.3 is 0 Å². The van der Waals surface area contributed by atoms with Gasteiger partial charge in [-0.25, -0.2) is 16.8 Å². The second-order valence-corrected chi connectivity index (χ2v) is 10.5. The van der Waals surface area contributed by atoms with Crippen LogP contribution in [-0.4, -0.2) is 52.6 Å². The Morgan fingerprint density at radius 3 is 2.33 bits per heavy atom. The van der Waals surface area contributed by atoms with Gasteiger partial charge in [0, 0.05) is 18.2 Å². The molecule has 2 fully saturated rings. The van der Waals surface area contributed by atoms with Crippen LogP contribution in [0.5, 0.6) is 0 Å². The highest BCUT2D eigenvalue weighted by Gasteiger charge is 2.29. The third kappa shape index (κ3) is 3.72. The minimum Gasteiger partial charge on any atom is -0.348 e. The first-order valence-corrected chi connectivity index (χ1v) is 11.3. The van der Waals surface area contributed by atoms with Crippen LogP contribution in [-0.2, 0) is 19.9 Å². The van der Waals surface area contributed by atoms with Gasteiger partial charge in [-0.1, -0.05) is 0 Å². The van der Waals surface area contributed by atoms with E-state index in [1.165, 1.54) is 4.31 Å². The molecule has 1 aromatic carbocycles. The van der Waals surface area contributed by atoms with Crippen molar-refractivity contribution in [1.29, 1.82) is 0 Å². The molecule has 7 nitrogen and oxygen atoms in total. The molecule has 3 rings (SSSR count). The summed E-state index contributed by atoms with van der Waals surface area (Å²) in [5.74, 6) is -0.122. The number of hydrogen-bond acceptors (Lipinski definition) is 5. The highest BCUT2D eigenvalue weighted by molar-refractivity contribution is 7.92. The van der Waals surface area contributed by atoms with E-state index in [4.69, 9.17) is 0 Å². The summed E-state index contributed by atoms with van der Waals surface area (Å²) in [6, 6.07) is 6.01. The lowest BCUT2D eigenvalue weighted by Crippen LogP contribution is -2.38. The number of nitrogens with zero attached hydrogens (tertiary/aromatic N) is 1. The van der Waals surface area contributed by atoms with Gasteiger partial charge in [-0.05, 0) is 43.5 Å². The van der Waals surface area contributed by atoms with Gasteiger partial charge in [0.2, 0.25) is 10.0 Å². The van der Waals surface area contributed by atoms with Crippen LogP contribution in [0.3, 0.4) is 0 Å². The average molecular weight is 372 g/mol. The van der Waals surface area contributed by atoms with Crippen molar-refractivity contribution in [3.8, 4) is 0 Å². The lowest BCUT2D eigenvalue weighted by Gasteiger charge is -2.28. The summed E-state index contributed by atoms with van der Waals surface area (Å²) in [5.41, 5.74) is 0.937. The second-order valence-electron chi connectivity index (χ2n) is 6.22. The standard InChI is InChI=1S/C15H20N2O5S2/c18-15(16-13-7-10-23(19,20)11-13)12-3-5-14(6-4-12)17-8-1-2-9-24(17,21)22/h3-6,13H,1-2,7-11H2,(H,16,18). The number of sulfonamides is 1. The molecule has 2 aliphatic rings. The molecule has 0 aromatic heterocycles. The molecular weight excluding hydrogens is 352 g/mol. The van der Waals surface area contributed by atoms with E-state index < -0.39 is 19.9 Å². The van der Waals surface area contributed by atoms with Crippen LogP contribution < -0.4 is 9.62 Å². The van der Waals surface area contributed by atoms with Crippen LogP contribution >= 0.6 is 0 Å². The average Bonchev–Trinajstić information content (AvgIpc) is 2.86. The first-order chi connectivity index (χ1) is 11.3. The summed E-state index contributed by atoms with van der Waals surface area (Å²) in [4.78, 5) is 12.2. The normalized spacial score (nSPS) is 25.3. The number of rotatable bonds is 3. The van der Waals surface area contributed by atoms with Gasteiger partial charge in [-0.2, -0.15) is 0 Å². The predicted octanol–water partition coefficient (Wildman–Crippen LogP) is 0.534. The topological polar surface area (TPSA) is 101 Å². The highest BCUT2D eigenvalue weighted by atomic mass is 32.2. The van der Waals surface area contributed by atoms with E-state index in [9.17, 15) is 21.6 Å². The van der Waals surface area contributed by atoms with Crippen molar-refractivity contribution in [2.24, 2.45) is 0 Å². The van der Waals surface area contributed by atoms with Gasteiger partial charge in [-0.15, -0.1) is 0 Å². The minimum atomic E-state index is -3.28. The number of benzene rings is 1. The quantitative estimate of drug-likeness (QED) is 0.834. The maximum absolute atomic E-state index is 12.2. The van der Waals surface area contributed by atoms with E-state index in [2.05, 4.69) is 5.32 Å². The SMILES string of the molecule is O=C(NC1CCS(=O)(=O)C1)c1ccc(N2CCCCS2(=O)=O)cc1. The van der Waals surface area contributed by atoms with Crippen molar-refractivity contribution in [3.63, 3.8) is 0 Å². The maximum Gasteiger partial charge on any atom is 0.251 e. The molecule has 0 saturated carbocycles. The zero-order valence-electron chi connectivity index (χ0n) is 13.1. The largest absolute Gasteiger partial charge is 0.348 e. The fourth-order valence-electron chi connectivity index (χ4n) is 3.04. The Morgan fingerprint density at radius 2 is 1.75 bits per heavy atom. The third-order valence-corrected chi connectivity index (χ3v) is 7.97. The van der Waals surface area contributed by atoms with Crippen molar-refractivity contribution in [2.75, 3.05) is 28.1 Å². The zero-order chi connectivity index (χ0) is 17.4. The summed E-state index contributed by atoms with van der Waals surface area (Å²) < 4.78 is 48.4. The van der Waals surface area contributed by atoms with Crippen molar-refractivity contribution in [2.45, 2.75) is 25.3 Å². The lowest BCUT2D eigenvalue weighted by molar-refractivity contribution is 0.0941. The van der Waals surface area contributed by atoms with E-state index in [0.29, 0.717) is 30.6 Å². The molecule has 24 heavy (non-hydrogen) atoms. The van der Waals surface area contributed by atoms with Crippen LogP contribution in [0.4, 0.5) is 5.69 Å². The Labute approximate surface area is 142 Å². The molecule has 2 heterocycles. The fourth-order valence-corrected chi connectivity index (χ4v) is 6.35. The van der Waals surface area contributed by atoms with Crippen LogP contribution in [0.1, 0.15) is 29.6 Å². The van der Waals surface area contributed by atoms with Gasteiger partial charge in [0.05, 0.1) is 22.9 Å². The van der Waals surface area contributed by atoms with Crippen molar-refractivity contribution < 1.29 is 21.6 Å². The Kier molecular flexibility index (Phi) is 4.56. The monoisotopic (exact) mass is 372 g/mol. The number of nitrogens with one attached hydrogen (secondary N) is 1. The predicted molar refractivity (Wildman–Crippen MR) is 91.3 cm³/mol. The smallest absolute Gasteiger partial charge is 0.251 e. The van der Waals surface area contributed by atoms with Gasteiger partial charge < -0.3 is 5.32 Å². The van der Waals surface area contributed by atoms with Crippen LogP contribution in [0.2, 0.25) is 0 Å². The summed E-state index contributed by atoms with van der Waals surface area (Å²) in [5, 5.41) is 2.72. The van der Waals surface area contributed by atoms with Crippen molar-refractivity contribution >= 4 is 31.5 Å². The van der Waals surface area contributed by atoms with Crippen molar-refractivity contribution in [1.82, 2.24) is 5.32 Å². The number of hydrogen-bond donors (Lipinski definition) is 1. The van der Waals surface area contributed by atoms with Crippen LogP contribution in [0.15, 0.2) is 24.3 Å². The number of carbonyl (C=O) groups is 1. The molecule has 1 amide bonds. The molecule has 0 radical (unpaired) electrons. The molecule has 1 N–H and O–H groups in total. The van der Waals surface area contributed by atoms with E-state index in [-0.39, 0.29) is 29.2 Å². The number of anilines is 1. The van der Waals surface area contributed by atoms with E-state index in [1.54, 1.807) is 24.3 Å². The van der Waals surface area contributed by atoms with E-state index in [0.717, 1.165) is 6.42 Å². The molecule has 1 atom stereocenters. The lowest BCUT2D eigenvalue weighted by atomic mass is 10.1. The second kappa shape index (κ2) is 6.36. The molecule has 2 aliphatic heterocycles. The summed E-state index contributed by atoms with van der Waals surface area (Å²) >= 11 is 0. The maximum atomic E-state index is 12.2. The third-order valence-electron chi connectivity index (χ3n) is 4.33. The van der Waals surface area contributed by atoms with Gasteiger partial charge in [-0.3, -0.25) is 9.10 Å². The summed E-state index contributed by atoms with van der Waals surface area (Å²) in [6.45, 7) is 0.452. The van der Waals surface area contributed by atoms with E-state index in [1.807, 2.05) is 0 Å². The van der Waals surface area contributed by atoms with Crippen molar-refractivity contribution in [3.05, 3.63) is 29.8 Å². The molecular formula is C15H20N2O5S2. The number of carbonyl (C=O) groups excluding carboxylic acids is 1. The molecule has 9 heteroatoms. The molecule has 0 bridgehead atoms. The Hall–Kier alpha value is -1.61. The van der Waals surface area contributed by atoms with Gasteiger partial charge in [0.1, 0.15) is 0 Å². The Bertz CT molecular complexity index is 831. The highest BCUT2D eigenvalue weighted by Crippen LogP contribution is 2.24. The Balaban J connectivity index is 1.69. The number of amides is 1. The molecule has 2 saturated heterocycles. The molecule has 0 aliphatic carbocycles. The van der Waals surface area contributed by atoms with Gasteiger partial charge in [0.15, 0.2) is 9.84 Å². The first kappa shape index (κ1) is 17.2. The summed E-state index contributed by atoms with van der Waals surface area (Å²) in [6.07, 6.45) is 1.92. The molecule has 0 spiro atoms. The number of sulfone groups is 1.